The molecule has 0 saturated carbocycles. The first-order valence-corrected chi connectivity index (χ1v) is 5.32. The van der Waals surface area contributed by atoms with Crippen LogP contribution in [0.5, 0.6) is 0 Å². The van der Waals surface area contributed by atoms with Crippen LogP contribution in [-0.4, -0.2) is 32.2 Å². The highest BCUT2D eigenvalue weighted by Gasteiger charge is 2.14. The Morgan fingerprint density at radius 3 is 2.59 bits per heavy atom. The minimum atomic E-state index is -0.546. The Kier molecular flexibility index (Phi) is 8.40. The molecule has 1 rings (SSSR count). The number of carbonyl (C=O) groups excluding carboxylic acids is 1. The van der Waals surface area contributed by atoms with Crippen molar-refractivity contribution < 1.29 is 9.53 Å². The van der Waals surface area contributed by atoms with Crippen molar-refractivity contribution in [3.05, 3.63) is 35.9 Å². The first kappa shape index (κ1) is 15.9. The average Bonchev–Trinajstić information content (AvgIpc) is 2.32. The second kappa shape index (κ2) is 8.98. The second-order valence-electron chi connectivity index (χ2n) is 3.49. The molecule has 0 radical (unpaired) electrons. The van der Waals surface area contributed by atoms with E-state index in [1.807, 2.05) is 30.3 Å². The number of nitrogens with two attached hydrogens (primary N) is 1. The predicted molar refractivity (Wildman–Crippen MR) is 70.3 cm³/mol. The van der Waals surface area contributed by atoms with Gasteiger partial charge in [0.25, 0.3) is 0 Å². The Labute approximate surface area is 108 Å². The first-order valence-electron chi connectivity index (χ1n) is 5.32. The molecule has 3 N–H and O–H groups in total. The molecule has 17 heavy (non-hydrogen) atoms. The molecule has 0 heterocycles. The molecular weight excluding hydrogens is 240 g/mol. The van der Waals surface area contributed by atoms with Crippen LogP contribution in [0.25, 0.3) is 0 Å². The SMILES string of the molecule is COC(CN)C(=O)NCCc1ccccc1.Cl. The number of rotatable bonds is 6. The van der Waals surface area contributed by atoms with Gasteiger partial charge in [-0.05, 0) is 12.0 Å². The fourth-order valence-electron chi connectivity index (χ4n) is 1.40. The number of methoxy groups -OCH3 is 1. The zero-order chi connectivity index (χ0) is 11.8. The molecule has 1 aromatic carbocycles. The summed E-state index contributed by atoms with van der Waals surface area (Å²) in [4.78, 5) is 11.5. The number of nitrogens with one attached hydrogen (secondary N) is 1. The molecule has 0 bridgehead atoms. The molecule has 4 nitrogen and oxygen atoms in total. The lowest BCUT2D eigenvalue weighted by atomic mass is 10.1. The minimum Gasteiger partial charge on any atom is -0.370 e. The molecule has 1 unspecified atom stereocenters. The van der Waals surface area contributed by atoms with Gasteiger partial charge in [0.15, 0.2) is 0 Å². The average molecular weight is 259 g/mol. The normalized spacial score (nSPS) is 11.4. The molecule has 1 aromatic rings. The van der Waals surface area contributed by atoms with E-state index < -0.39 is 6.10 Å². The topological polar surface area (TPSA) is 64.3 Å². The monoisotopic (exact) mass is 258 g/mol. The number of ether oxygens (including phenoxy) is 1. The van der Waals surface area contributed by atoms with Crippen molar-refractivity contribution in [2.75, 3.05) is 20.2 Å². The molecule has 0 aliphatic rings. The molecule has 1 atom stereocenters. The van der Waals surface area contributed by atoms with E-state index in [0.717, 1.165) is 6.42 Å². The molecule has 0 aliphatic heterocycles. The summed E-state index contributed by atoms with van der Waals surface area (Å²) < 4.78 is 4.93. The van der Waals surface area contributed by atoms with Crippen LogP contribution in [0.3, 0.4) is 0 Å². The third-order valence-corrected chi connectivity index (χ3v) is 2.35. The summed E-state index contributed by atoms with van der Waals surface area (Å²) in [6, 6.07) is 9.99. The van der Waals surface area contributed by atoms with Gasteiger partial charge in [-0.25, -0.2) is 0 Å². The van der Waals surface area contributed by atoms with Crippen molar-refractivity contribution in [3.8, 4) is 0 Å². The van der Waals surface area contributed by atoms with E-state index in [9.17, 15) is 4.79 Å². The van der Waals surface area contributed by atoms with Gasteiger partial charge in [0, 0.05) is 20.2 Å². The number of carbonyl (C=O) groups is 1. The largest absolute Gasteiger partial charge is 0.370 e. The number of benzene rings is 1. The van der Waals surface area contributed by atoms with Crippen LogP contribution in [0.1, 0.15) is 5.56 Å². The lowest BCUT2D eigenvalue weighted by Crippen LogP contribution is -2.41. The van der Waals surface area contributed by atoms with Gasteiger partial charge < -0.3 is 15.8 Å². The number of amides is 1. The summed E-state index contributed by atoms with van der Waals surface area (Å²) in [6.07, 6.45) is 0.268. The molecule has 1 amide bonds. The van der Waals surface area contributed by atoms with Crippen LogP contribution < -0.4 is 11.1 Å². The maximum atomic E-state index is 11.5. The van der Waals surface area contributed by atoms with Gasteiger partial charge in [0.05, 0.1) is 0 Å². The summed E-state index contributed by atoms with van der Waals surface area (Å²) in [5.41, 5.74) is 6.58. The summed E-state index contributed by atoms with van der Waals surface area (Å²) in [5, 5.41) is 2.79. The smallest absolute Gasteiger partial charge is 0.250 e. The summed E-state index contributed by atoms with van der Waals surface area (Å²) in [7, 11) is 1.48. The van der Waals surface area contributed by atoms with Crippen molar-refractivity contribution in [1.29, 1.82) is 0 Å². The summed E-state index contributed by atoms with van der Waals surface area (Å²) >= 11 is 0. The molecule has 5 heteroatoms. The highest BCUT2D eigenvalue weighted by Crippen LogP contribution is 1.98. The zero-order valence-corrected chi connectivity index (χ0v) is 10.7. The van der Waals surface area contributed by atoms with E-state index in [4.69, 9.17) is 10.5 Å². The third kappa shape index (κ3) is 5.68. The van der Waals surface area contributed by atoms with E-state index in [2.05, 4.69) is 5.32 Å². The van der Waals surface area contributed by atoms with Crippen LogP contribution in [0.4, 0.5) is 0 Å². The third-order valence-electron chi connectivity index (χ3n) is 2.35. The van der Waals surface area contributed by atoms with Gasteiger partial charge in [-0.2, -0.15) is 0 Å². The van der Waals surface area contributed by atoms with Crippen molar-refractivity contribution in [3.63, 3.8) is 0 Å². The molecule has 0 aliphatic carbocycles. The zero-order valence-electron chi connectivity index (χ0n) is 9.89. The van der Waals surface area contributed by atoms with Crippen LogP contribution in [-0.2, 0) is 16.0 Å². The maximum absolute atomic E-state index is 11.5. The predicted octanol–water partition coefficient (Wildman–Crippen LogP) is 0.741. The number of hydrogen-bond donors (Lipinski definition) is 2. The Hall–Kier alpha value is -1.10. The van der Waals surface area contributed by atoms with E-state index in [1.165, 1.54) is 12.7 Å². The first-order chi connectivity index (χ1) is 7.77. The lowest BCUT2D eigenvalue weighted by Gasteiger charge is -2.12. The minimum absolute atomic E-state index is 0. The Balaban J connectivity index is 0.00000256. The molecule has 0 aromatic heterocycles. The van der Waals surface area contributed by atoms with E-state index in [1.54, 1.807) is 0 Å². The molecule has 0 spiro atoms. The van der Waals surface area contributed by atoms with E-state index >= 15 is 0 Å². The van der Waals surface area contributed by atoms with Gasteiger partial charge in [-0.3, -0.25) is 4.79 Å². The van der Waals surface area contributed by atoms with Crippen LogP contribution in [0.15, 0.2) is 30.3 Å². The fraction of sp³-hybridized carbons (Fsp3) is 0.417. The van der Waals surface area contributed by atoms with Gasteiger partial charge in [0.2, 0.25) is 5.91 Å². The van der Waals surface area contributed by atoms with Crippen molar-refractivity contribution in [2.24, 2.45) is 5.73 Å². The maximum Gasteiger partial charge on any atom is 0.250 e. The quantitative estimate of drug-likeness (QED) is 0.791. The van der Waals surface area contributed by atoms with Crippen molar-refractivity contribution in [1.82, 2.24) is 5.32 Å². The Morgan fingerprint density at radius 1 is 1.41 bits per heavy atom. The Morgan fingerprint density at radius 2 is 2.06 bits per heavy atom. The highest BCUT2D eigenvalue weighted by molar-refractivity contribution is 5.85. The Bertz CT molecular complexity index is 316. The van der Waals surface area contributed by atoms with Crippen molar-refractivity contribution >= 4 is 18.3 Å². The highest BCUT2D eigenvalue weighted by atomic mass is 35.5. The standard InChI is InChI=1S/C12H18N2O2.ClH/c1-16-11(9-13)12(15)14-8-7-10-5-3-2-4-6-10;/h2-6,11H,7-9,13H2,1H3,(H,14,15);1H. The number of hydrogen-bond acceptors (Lipinski definition) is 3. The molecular formula is C12H19ClN2O2. The molecule has 96 valence electrons. The summed E-state index contributed by atoms with van der Waals surface area (Å²) in [5.74, 6) is -0.152. The van der Waals surface area contributed by atoms with Crippen molar-refractivity contribution in [2.45, 2.75) is 12.5 Å². The lowest BCUT2D eigenvalue weighted by molar-refractivity contribution is -0.130. The van der Waals surface area contributed by atoms with Gasteiger partial charge in [0.1, 0.15) is 6.10 Å². The van der Waals surface area contributed by atoms with E-state index in [-0.39, 0.29) is 24.9 Å². The van der Waals surface area contributed by atoms with Gasteiger partial charge in [-0.1, -0.05) is 30.3 Å². The molecule has 0 fully saturated rings. The molecule has 0 saturated heterocycles. The second-order valence-corrected chi connectivity index (χ2v) is 3.49. The number of halogens is 1. The summed E-state index contributed by atoms with van der Waals surface area (Å²) in [6.45, 7) is 0.802. The van der Waals surface area contributed by atoms with E-state index in [0.29, 0.717) is 6.54 Å². The fourth-order valence-corrected chi connectivity index (χ4v) is 1.40. The van der Waals surface area contributed by atoms with Crippen LogP contribution in [0.2, 0.25) is 0 Å². The van der Waals surface area contributed by atoms with Crippen LogP contribution >= 0.6 is 12.4 Å². The van der Waals surface area contributed by atoms with Gasteiger partial charge in [-0.15, -0.1) is 12.4 Å². The van der Waals surface area contributed by atoms with Gasteiger partial charge >= 0.3 is 0 Å². The van der Waals surface area contributed by atoms with Crippen LogP contribution in [0, 0.1) is 0 Å².